The minimum atomic E-state index is -0.0657. The van der Waals surface area contributed by atoms with Gasteiger partial charge >= 0.3 is 0 Å². The molecule has 1 aromatic heterocycles. The van der Waals surface area contributed by atoms with Crippen LogP contribution in [0.5, 0.6) is 0 Å². The van der Waals surface area contributed by atoms with E-state index in [1.165, 1.54) is 6.42 Å². The van der Waals surface area contributed by atoms with Crippen LogP contribution in [0.2, 0.25) is 0 Å². The van der Waals surface area contributed by atoms with Gasteiger partial charge in [-0.1, -0.05) is 20.8 Å². The Balaban J connectivity index is 1.94. The van der Waals surface area contributed by atoms with Gasteiger partial charge in [-0.2, -0.15) is 0 Å². The first kappa shape index (κ1) is 12.5. The van der Waals surface area contributed by atoms with Crippen LogP contribution in [0.15, 0.2) is 4.42 Å². The van der Waals surface area contributed by atoms with Crippen molar-refractivity contribution >= 4 is 0 Å². The van der Waals surface area contributed by atoms with E-state index in [9.17, 15) is 0 Å². The summed E-state index contributed by atoms with van der Waals surface area (Å²) in [6.07, 6.45) is 1.19. The minimum absolute atomic E-state index is 0.0657. The van der Waals surface area contributed by atoms with Crippen LogP contribution >= 0.6 is 0 Å². The van der Waals surface area contributed by atoms with Crippen molar-refractivity contribution in [3.05, 3.63) is 11.8 Å². The average Bonchev–Trinajstić information content (AvgIpc) is 2.86. The molecule has 0 aromatic carbocycles. The average molecular weight is 238 g/mol. The summed E-state index contributed by atoms with van der Waals surface area (Å²) in [6.45, 7) is 9.16. The largest absolute Gasteiger partial charge is 0.423 e. The zero-order valence-electron chi connectivity index (χ0n) is 11.2. The van der Waals surface area contributed by atoms with E-state index in [1.54, 1.807) is 0 Å². The van der Waals surface area contributed by atoms with Crippen LogP contribution in [0, 0.1) is 0 Å². The monoisotopic (exact) mass is 238 g/mol. The highest BCUT2D eigenvalue weighted by Crippen LogP contribution is 2.21. The molecule has 1 fully saturated rings. The highest BCUT2D eigenvalue weighted by atomic mass is 16.4. The molecule has 0 saturated carbocycles. The molecule has 17 heavy (non-hydrogen) atoms. The van der Waals surface area contributed by atoms with Crippen molar-refractivity contribution in [3.63, 3.8) is 0 Å². The summed E-state index contributed by atoms with van der Waals surface area (Å²) in [7, 11) is 2.01. The Morgan fingerprint density at radius 2 is 2.18 bits per heavy atom. The number of nitrogens with zero attached hydrogens (tertiary/aromatic N) is 3. The molecule has 0 radical (unpaired) electrons. The van der Waals surface area contributed by atoms with Crippen molar-refractivity contribution in [3.8, 4) is 0 Å². The molecular formula is C12H22N4O. The standard InChI is InChI=1S/C12H22N4O/c1-12(2,3)11-15-14-10(17-11)8-16-6-5-9(7-16)13-4/h9,13H,5-8H2,1-4H3. The second kappa shape index (κ2) is 4.74. The second-order valence-corrected chi connectivity index (χ2v) is 5.76. The van der Waals surface area contributed by atoms with E-state index in [0.29, 0.717) is 6.04 Å². The Hall–Kier alpha value is -0.940. The lowest BCUT2D eigenvalue weighted by atomic mass is 9.97. The molecule has 0 bridgehead atoms. The Morgan fingerprint density at radius 1 is 1.41 bits per heavy atom. The van der Waals surface area contributed by atoms with Gasteiger partial charge in [-0.25, -0.2) is 0 Å². The van der Waals surface area contributed by atoms with Crippen LogP contribution in [-0.2, 0) is 12.0 Å². The topological polar surface area (TPSA) is 54.2 Å². The maximum Gasteiger partial charge on any atom is 0.230 e. The van der Waals surface area contributed by atoms with Crippen molar-refractivity contribution in [2.75, 3.05) is 20.1 Å². The Morgan fingerprint density at radius 3 is 2.71 bits per heavy atom. The molecule has 1 saturated heterocycles. The zero-order valence-corrected chi connectivity index (χ0v) is 11.2. The van der Waals surface area contributed by atoms with Gasteiger partial charge in [-0.15, -0.1) is 10.2 Å². The van der Waals surface area contributed by atoms with Crippen molar-refractivity contribution < 1.29 is 4.42 Å². The molecule has 0 amide bonds. The minimum Gasteiger partial charge on any atom is -0.423 e. The third kappa shape index (κ3) is 3.04. The highest BCUT2D eigenvalue weighted by molar-refractivity contribution is 4.96. The van der Waals surface area contributed by atoms with Crippen molar-refractivity contribution in [1.29, 1.82) is 0 Å². The Kier molecular flexibility index (Phi) is 3.49. The van der Waals surface area contributed by atoms with Gasteiger partial charge in [0.2, 0.25) is 11.8 Å². The van der Waals surface area contributed by atoms with Gasteiger partial charge in [0.1, 0.15) is 0 Å². The van der Waals surface area contributed by atoms with E-state index in [4.69, 9.17) is 4.42 Å². The molecule has 1 aliphatic rings. The number of likely N-dealkylation sites (N-methyl/N-ethyl adjacent to an activating group) is 1. The molecule has 96 valence electrons. The predicted octanol–water partition coefficient (Wildman–Crippen LogP) is 1.16. The lowest BCUT2D eigenvalue weighted by Gasteiger charge is -2.13. The van der Waals surface area contributed by atoms with E-state index in [1.807, 2.05) is 7.05 Å². The predicted molar refractivity (Wildman–Crippen MR) is 65.7 cm³/mol. The summed E-state index contributed by atoms with van der Waals surface area (Å²) >= 11 is 0. The molecule has 1 aromatic rings. The molecule has 5 heteroatoms. The Bertz CT molecular complexity index is 369. The molecular weight excluding hydrogens is 216 g/mol. The van der Waals surface area contributed by atoms with E-state index in [2.05, 4.69) is 41.2 Å². The summed E-state index contributed by atoms with van der Waals surface area (Å²) < 4.78 is 5.69. The first-order valence-corrected chi connectivity index (χ1v) is 6.21. The van der Waals surface area contributed by atoms with Crippen LogP contribution < -0.4 is 5.32 Å². The molecule has 2 rings (SSSR count). The number of aromatic nitrogens is 2. The van der Waals surface area contributed by atoms with Gasteiger partial charge < -0.3 is 9.73 Å². The summed E-state index contributed by atoms with van der Waals surface area (Å²) in [4.78, 5) is 2.35. The van der Waals surface area contributed by atoms with Crippen LogP contribution in [0.1, 0.15) is 39.0 Å². The molecule has 1 N–H and O–H groups in total. The number of likely N-dealkylation sites (tertiary alicyclic amines) is 1. The van der Waals surface area contributed by atoms with Crippen molar-refractivity contribution in [2.24, 2.45) is 0 Å². The van der Waals surface area contributed by atoms with Gasteiger partial charge in [-0.3, -0.25) is 4.90 Å². The molecule has 0 aliphatic carbocycles. The van der Waals surface area contributed by atoms with E-state index in [0.717, 1.165) is 31.4 Å². The van der Waals surface area contributed by atoms with Gasteiger partial charge in [0, 0.05) is 24.5 Å². The van der Waals surface area contributed by atoms with Crippen LogP contribution in [-0.4, -0.2) is 41.3 Å². The lowest BCUT2D eigenvalue weighted by Crippen LogP contribution is -2.29. The summed E-state index contributed by atoms with van der Waals surface area (Å²) in [5, 5.41) is 11.5. The third-order valence-electron chi connectivity index (χ3n) is 3.15. The van der Waals surface area contributed by atoms with Gasteiger partial charge in [-0.05, 0) is 13.5 Å². The maximum absolute atomic E-state index is 5.69. The number of rotatable bonds is 3. The molecule has 1 aliphatic heterocycles. The molecule has 1 unspecified atom stereocenters. The van der Waals surface area contributed by atoms with Gasteiger partial charge in [0.05, 0.1) is 6.54 Å². The molecule has 2 heterocycles. The third-order valence-corrected chi connectivity index (χ3v) is 3.15. The number of nitrogens with one attached hydrogen (secondary N) is 1. The first-order valence-electron chi connectivity index (χ1n) is 6.21. The van der Waals surface area contributed by atoms with E-state index < -0.39 is 0 Å². The summed E-state index contributed by atoms with van der Waals surface area (Å²) in [5.74, 6) is 1.45. The second-order valence-electron chi connectivity index (χ2n) is 5.76. The number of hydrogen-bond acceptors (Lipinski definition) is 5. The highest BCUT2D eigenvalue weighted by Gasteiger charge is 2.25. The normalized spacial score (nSPS) is 22.2. The Labute approximate surface area is 103 Å². The fourth-order valence-electron chi connectivity index (χ4n) is 2.02. The maximum atomic E-state index is 5.69. The van der Waals surface area contributed by atoms with E-state index >= 15 is 0 Å². The van der Waals surface area contributed by atoms with Crippen LogP contribution in [0.4, 0.5) is 0 Å². The van der Waals surface area contributed by atoms with Gasteiger partial charge in [0.25, 0.3) is 0 Å². The van der Waals surface area contributed by atoms with Crippen LogP contribution in [0.25, 0.3) is 0 Å². The quantitative estimate of drug-likeness (QED) is 0.856. The fourth-order valence-corrected chi connectivity index (χ4v) is 2.02. The van der Waals surface area contributed by atoms with E-state index in [-0.39, 0.29) is 5.41 Å². The lowest BCUT2D eigenvalue weighted by molar-refractivity contribution is 0.272. The zero-order chi connectivity index (χ0) is 12.5. The summed E-state index contributed by atoms with van der Waals surface area (Å²) in [6, 6.07) is 0.597. The number of hydrogen-bond donors (Lipinski definition) is 1. The van der Waals surface area contributed by atoms with Gasteiger partial charge in [0.15, 0.2) is 0 Å². The van der Waals surface area contributed by atoms with Crippen LogP contribution in [0.3, 0.4) is 0 Å². The smallest absolute Gasteiger partial charge is 0.230 e. The fraction of sp³-hybridized carbons (Fsp3) is 0.833. The van der Waals surface area contributed by atoms with Crippen molar-refractivity contribution in [2.45, 2.75) is 45.2 Å². The van der Waals surface area contributed by atoms with Crippen molar-refractivity contribution in [1.82, 2.24) is 20.4 Å². The molecule has 5 nitrogen and oxygen atoms in total. The molecule has 0 spiro atoms. The SMILES string of the molecule is CNC1CCN(Cc2nnc(C(C)(C)C)o2)C1. The summed E-state index contributed by atoms with van der Waals surface area (Å²) in [5.41, 5.74) is -0.0657. The molecule has 1 atom stereocenters. The first-order chi connectivity index (χ1) is 7.99.